The molecular weight excluding hydrogens is 518 g/mol. The van der Waals surface area contributed by atoms with Crippen molar-refractivity contribution in [1.82, 2.24) is 14.5 Å². The average Bonchev–Trinajstić information content (AvgIpc) is 2.91. The van der Waals surface area contributed by atoms with Gasteiger partial charge < -0.3 is 20.6 Å². The number of sulfonamides is 1. The number of amides is 1. The van der Waals surface area contributed by atoms with Crippen LogP contribution in [0.1, 0.15) is 42.0 Å². The smallest absolute Gasteiger partial charge is 0.326 e. The molecule has 0 aromatic heterocycles. The first kappa shape index (κ1) is 28.5. The van der Waals surface area contributed by atoms with Crippen LogP contribution in [0.2, 0.25) is 0 Å². The van der Waals surface area contributed by atoms with Gasteiger partial charge in [-0.25, -0.2) is 13.2 Å². The van der Waals surface area contributed by atoms with Gasteiger partial charge in [-0.3, -0.25) is 10.2 Å². The van der Waals surface area contributed by atoms with E-state index in [4.69, 9.17) is 11.1 Å². The Kier molecular flexibility index (Phi) is 8.53. The molecular formula is C28H35N5O5S. The SMILES string of the molecule is CCC1=CCN(C(=O)[C@H](Cc2cccc(C(=N)N)c2)NS(=O)(=O)c2ccc3c(c2)CN(C)CC3)C(C(=O)O)C1. The first-order valence-corrected chi connectivity index (χ1v) is 14.4. The molecule has 1 amide bonds. The summed E-state index contributed by atoms with van der Waals surface area (Å²) >= 11 is 0. The normalized spacial score (nSPS) is 18.7. The van der Waals surface area contributed by atoms with Crippen molar-refractivity contribution in [1.29, 1.82) is 5.41 Å². The van der Waals surface area contributed by atoms with Gasteiger partial charge in [0.15, 0.2) is 0 Å². The topological polar surface area (TPSA) is 157 Å². The fraction of sp³-hybridized carbons (Fsp3) is 0.393. The summed E-state index contributed by atoms with van der Waals surface area (Å²) in [5.74, 6) is -1.91. The van der Waals surface area contributed by atoms with Gasteiger partial charge in [0.05, 0.1) is 4.90 Å². The zero-order valence-corrected chi connectivity index (χ0v) is 23.0. The van der Waals surface area contributed by atoms with Crippen LogP contribution in [0.3, 0.4) is 0 Å². The second kappa shape index (κ2) is 11.7. The zero-order valence-electron chi connectivity index (χ0n) is 22.2. The predicted molar refractivity (Wildman–Crippen MR) is 148 cm³/mol. The molecule has 39 heavy (non-hydrogen) atoms. The summed E-state index contributed by atoms with van der Waals surface area (Å²) in [5.41, 5.74) is 9.62. The Morgan fingerprint density at radius 2 is 1.97 bits per heavy atom. The fourth-order valence-electron chi connectivity index (χ4n) is 5.13. The molecule has 10 nitrogen and oxygen atoms in total. The van der Waals surface area contributed by atoms with Crippen LogP contribution in [0, 0.1) is 5.41 Å². The largest absolute Gasteiger partial charge is 0.480 e. The number of benzene rings is 2. The zero-order chi connectivity index (χ0) is 28.3. The van der Waals surface area contributed by atoms with Gasteiger partial charge in [-0.15, -0.1) is 0 Å². The molecule has 4 rings (SSSR count). The van der Waals surface area contributed by atoms with Crippen LogP contribution < -0.4 is 10.5 Å². The van der Waals surface area contributed by atoms with Gasteiger partial charge in [0, 0.05) is 25.2 Å². The molecule has 5 N–H and O–H groups in total. The molecule has 1 unspecified atom stereocenters. The van der Waals surface area contributed by atoms with Crippen LogP contribution in [-0.2, 0) is 39.0 Å². The van der Waals surface area contributed by atoms with Crippen molar-refractivity contribution < 1.29 is 23.1 Å². The number of carboxylic acid groups (broad SMARTS) is 1. The maximum absolute atomic E-state index is 13.8. The fourth-order valence-corrected chi connectivity index (χ4v) is 6.37. The van der Waals surface area contributed by atoms with Gasteiger partial charge in [0.2, 0.25) is 15.9 Å². The maximum Gasteiger partial charge on any atom is 0.326 e. The highest BCUT2D eigenvalue weighted by atomic mass is 32.2. The van der Waals surface area contributed by atoms with Crippen LogP contribution in [-0.4, -0.2) is 73.3 Å². The molecule has 208 valence electrons. The number of hydrogen-bond acceptors (Lipinski definition) is 6. The summed E-state index contributed by atoms with van der Waals surface area (Å²) in [5, 5.41) is 17.6. The van der Waals surface area contributed by atoms with Crippen molar-refractivity contribution in [3.63, 3.8) is 0 Å². The number of rotatable bonds is 9. The van der Waals surface area contributed by atoms with Crippen molar-refractivity contribution in [2.75, 3.05) is 20.1 Å². The van der Waals surface area contributed by atoms with Crippen molar-refractivity contribution in [3.05, 3.63) is 76.4 Å². The second-order valence-electron chi connectivity index (χ2n) is 10.2. The third-order valence-corrected chi connectivity index (χ3v) is 8.86. The lowest BCUT2D eigenvalue weighted by atomic mass is 9.96. The van der Waals surface area contributed by atoms with Crippen LogP contribution >= 0.6 is 0 Å². The number of amidine groups is 1. The van der Waals surface area contributed by atoms with E-state index in [-0.39, 0.29) is 30.1 Å². The van der Waals surface area contributed by atoms with E-state index in [2.05, 4.69) is 9.62 Å². The molecule has 0 saturated heterocycles. The predicted octanol–water partition coefficient (Wildman–Crippen LogP) is 1.87. The van der Waals surface area contributed by atoms with Gasteiger partial charge in [0.1, 0.15) is 17.9 Å². The molecule has 0 spiro atoms. The Morgan fingerprint density at radius 1 is 1.21 bits per heavy atom. The number of carboxylic acids is 1. The molecule has 2 aromatic carbocycles. The van der Waals surface area contributed by atoms with E-state index in [1.165, 1.54) is 4.90 Å². The van der Waals surface area contributed by atoms with Gasteiger partial charge in [0.25, 0.3) is 0 Å². The van der Waals surface area contributed by atoms with E-state index >= 15 is 0 Å². The minimum Gasteiger partial charge on any atom is -0.480 e. The van der Waals surface area contributed by atoms with Gasteiger partial charge in [-0.2, -0.15) is 4.72 Å². The molecule has 0 aliphatic carbocycles. The number of nitrogen functional groups attached to an aromatic ring is 1. The Bertz CT molecular complexity index is 1420. The summed E-state index contributed by atoms with van der Waals surface area (Å²) in [7, 11) is -2.17. The molecule has 0 fully saturated rings. The second-order valence-corrected chi connectivity index (χ2v) is 11.9. The molecule has 2 aliphatic heterocycles. The van der Waals surface area contributed by atoms with Gasteiger partial charge in [-0.1, -0.05) is 42.8 Å². The van der Waals surface area contributed by atoms with Crippen molar-refractivity contribution in [2.45, 2.75) is 56.1 Å². The summed E-state index contributed by atoms with van der Waals surface area (Å²) < 4.78 is 29.8. The molecule has 2 atom stereocenters. The van der Waals surface area contributed by atoms with Crippen LogP contribution in [0.15, 0.2) is 59.0 Å². The van der Waals surface area contributed by atoms with E-state index in [0.717, 1.165) is 29.7 Å². The maximum atomic E-state index is 13.8. The minimum atomic E-state index is -4.14. The Balaban J connectivity index is 1.68. The van der Waals surface area contributed by atoms with Crippen molar-refractivity contribution >= 4 is 27.7 Å². The van der Waals surface area contributed by atoms with Crippen LogP contribution in [0.5, 0.6) is 0 Å². The Hall–Kier alpha value is -3.54. The van der Waals surface area contributed by atoms with Gasteiger partial charge in [-0.05, 0) is 67.6 Å². The summed E-state index contributed by atoms with van der Waals surface area (Å²) in [6, 6.07) is 9.32. The lowest BCUT2D eigenvalue weighted by Crippen LogP contribution is -2.55. The quantitative estimate of drug-likeness (QED) is 0.210. The van der Waals surface area contributed by atoms with Crippen molar-refractivity contribution in [3.8, 4) is 0 Å². The monoisotopic (exact) mass is 553 g/mol. The van der Waals surface area contributed by atoms with Crippen LogP contribution in [0.4, 0.5) is 0 Å². The standard InChI is InChI=1S/C28H35N5O5S/c1-3-18-9-12-33(25(15-18)28(35)36)27(34)24(14-19-5-4-6-21(13-19)26(29)30)31-39(37,38)23-8-7-20-10-11-32(2)17-22(20)16-23/h4-9,13,16,24-25,31H,3,10-12,14-15,17H2,1-2H3,(H3,29,30)(H,35,36)/t24-,25?/m0/s1. The summed E-state index contributed by atoms with van der Waals surface area (Å²) in [4.78, 5) is 29.3. The number of nitrogens with zero attached hydrogens (tertiary/aromatic N) is 2. The molecule has 0 radical (unpaired) electrons. The lowest BCUT2D eigenvalue weighted by Gasteiger charge is -2.35. The Morgan fingerprint density at radius 3 is 2.67 bits per heavy atom. The molecule has 0 bridgehead atoms. The highest BCUT2D eigenvalue weighted by Crippen LogP contribution is 2.25. The minimum absolute atomic E-state index is 0.0416. The van der Waals surface area contributed by atoms with E-state index in [1.807, 2.05) is 26.1 Å². The molecule has 2 aromatic rings. The summed E-state index contributed by atoms with van der Waals surface area (Å²) in [6.07, 6.45) is 3.48. The highest BCUT2D eigenvalue weighted by molar-refractivity contribution is 7.89. The third-order valence-electron chi connectivity index (χ3n) is 7.40. The molecule has 2 heterocycles. The van der Waals surface area contributed by atoms with E-state index in [1.54, 1.807) is 36.4 Å². The molecule has 2 aliphatic rings. The third kappa shape index (κ3) is 6.55. The first-order valence-electron chi connectivity index (χ1n) is 13.0. The number of likely N-dealkylation sites (N-methyl/N-ethyl adjacent to an activating group) is 1. The lowest BCUT2D eigenvalue weighted by molar-refractivity contribution is -0.150. The first-order chi connectivity index (χ1) is 18.5. The van der Waals surface area contributed by atoms with E-state index in [0.29, 0.717) is 24.1 Å². The number of carbonyl (C=O) groups is 2. The number of nitrogens with two attached hydrogens (primary N) is 1. The van der Waals surface area contributed by atoms with Crippen LogP contribution in [0.25, 0.3) is 0 Å². The number of fused-ring (bicyclic) bond motifs is 1. The summed E-state index contributed by atoms with van der Waals surface area (Å²) in [6.45, 7) is 3.52. The number of aliphatic carboxylic acids is 1. The highest BCUT2D eigenvalue weighted by Gasteiger charge is 2.37. The van der Waals surface area contributed by atoms with E-state index in [9.17, 15) is 23.1 Å². The van der Waals surface area contributed by atoms with Crippen molar-refractivity contribution in [2.24, 2.45) is 5.73 Å². The molecule has 0 saturated carbocycles. The number of hydrogen-bond donors (Lipinski definition) is 4. The van der Waals surface area contributed by atoms with Gasteiger partial charge >= 0.3 is 5.97 Å². The van der Waals surface area contributed by atoms with E-state index < -0.39 is 34.0 Å². The number of carbonyl (C=O) groups excluding carboxylic acids is 1. The molecule has 11 heteroatoms. The number of nitrogens with one attached hydrogen (secondary N) is 2. The average molecular weight is 554 g/mol. The Labute approximate surface area is 229 Å².